The number of fused-ring (bicyclic) bond motifs is 1. The summed E-state index contributed by atoms with van der Waals surface area (Å²) < 4.78 is 37.8. The molecular formula is C17H16N2O7S. The molecule has 0 fully saturated rings. The summed E-state index contributed by atoms with van der Waals surface area (Å²) in [7, 11) is -4.17. The summed E-state index contributed by atoms with van der Waals surface area (Å²) >= 11 is 0. The fourth-order valence-electron chi connectivity index (χ4n) is 2.67. The number of nitro groups is 1. The van der Waals surface area contributed by atoms with Gasteiger partial charge in [-0.2, -0.15) is 0 Å². The first kappa shape index (κ1) is 18.6. The second-order valence-electron chi connectivity index (χ2n) is 5.62. The van der Waals surface area contributed by atoms with Gasteiger partial charge in [-0.05, 0) is 25.1 Å². The molecule has 1 aliphatic rings. The van der Waals surface area contributed by atoms with Crippen molar-refractivity contribution in [2.24, 2.45) is 0 Å². The maximum atomic E-state index is 13.1. The first-order valence-electron chi connectivity index (χ1n) is 8.04. The highest BCUT2D eigenvalue weighted by Crippen LogP contribution is 2.37. The van der Waals surface area contributed by atoms with Crippen molar-refractivity contribution < 1.29 is 27.6 Å². The van der Waals surface area contributed by atoms with Gasteiger partial charge >= 0.3 is 5.97 Å². The predicted molar refractivity (Wildman–Crippen MR) is 95.1 cm³/mol. The molecule has 10 heteroatoms. The number of nitrogens with zero attached hydrogens (tertiary/aromatic N) is 2. The Morgan fingerprint density at radius 2 is 2.04 bits per heavy atom. The first-order valence-corrected chi connectivity index (χ1v) is 9.48. The molecule has 9 nitrogen and oxygen atoms in total. The molecule has 0 N–H and O–H groups in total. The Kier molecular flexibility index (Phi) is 5.00. The van der Waals surface area contributed by atoms with Crippen molar-refractivity contribution >= 4 is 27.4 Å². The zero-order chi connectivity index (χ0) is 19.6. The van der Waals surface area contributed by atoms with Gasteiger partial charge in [-0.1, -0.05) is 18.2 Å². The van der Waals surface area contributed by atoms with E-state index in [0.717, 1.165) is 10.4 Å². The number of esters is 1. The molecule has 0 saturated heterocycles. The molecule has 1 aliphatic heterocycles. The lowest BCUT2D eigenvalue weighted by molar-refractivity contribution is -0.385. The number of non-ortho nitro benzene ring substituents is 1. The number of ether oxygens (including phenoxy) is 2. The number of carbonyl (C=O) groups is 1. The van der Waals surface area contributed by atoms with Crippen LogP contribution in [0.15, 0.2) is 53.4 Å². The Labute approximate surface area is 155 Å². The van der Waals surface area contributed by atoms with E-state index in [1.807, 2.05) is 0 Å². The molecule has 0 aliphatic carbocycles. The Balaban J connectivity index is 2.06. The number of carbonyl (C=O) groups excluding carboxylic acids is 1. The smallest absolute Gasteiger partial charge is 0.349 e. The highest BCUT2D eigenvalue weighted by molar-refractivity contribution is 7.92. The quantitative estimate of drug-likeness (QED) is 0.435. The number of sulfonamides is 1. The van der Waals surface area contributed by atoms with Gasteiger partial charge in [0.2, 0.25) is 6.10 Å². The van der Waals surface area contributed by atoms with Crippen LogP contribution in [0.4, 0.5) is 11.4 Å². The average Bonchev–Trinajstić information content (AvgIpc) is 2.67. The number of hydrogen-bond donors (Lipinski definition) is 0. The number of anilines is 1. The Hall–Kier alpha value is -3.14. The standard InChI is InChI=1S/C17H16N2O7S/c1-2-25-17(20)16-11-18(14-8-3-4-9-15(14)26-16)27(23,24)13-7-5-6-12(10-13)19(21)22/h3-10,16H,2,11H2,1H3. The number of para-hydroxylation sites is 2. The van der Waals surface area contributed by atoms with E-state index in [-0.39, 0.29) is 35.2 Å². The lowest BCUT2D eigenvalue weighted by Gasteiger charge is -2.34. The van der Waals surface area contributed by atoms with Crippen LogP contribution in [-0.2, 0) is 19.6 Å². The molecule has 0 spiro atoms. The topological polar surface area (TPSA) is 116 Å². The Morgan fingerprint density at radius 3 is 2.74 bits per heavy atom. The summed E-state index contributed by atoms with van der Waals surface area (Å²) in [5.74, 6) is -0.484. The van der Waals surface area contributed by atoms with E-state index in [9.17, 15) is 23.3 Å². The van der Waals surface area contributed by atoms with E-state index in [2.05, 4.69) is 0 Å². The van der Waals surface area contributed by atoms with Crippen LogP contribution in [0.2, 0.25) is 0 Å². The van der Waals surface area contributed by atoms with Gasteiger partial charge in [0.05, 0.1) is 28.7 Å². The summed E-state index contributed by atoms with van der Waals surface area (Å²) in [5, 5.41) is 11.0. The van der Waals surface area contributed by atoms with Crippen LogP contribution in [0.3, 0.4) is 0 Å². The highest BCUT2D eigenvalue weighted by Gasteiger charge is 2.38. The van der Waals surface area contributed by atoms with Crippen molar-refractivity contribution in [1.82, 2.24) is 0 Å². The predicted octanol–water partition coefficient (Wildman–Crippen LogP) is 2.11. The largest absolute Gasteiger partial charge is 0.475 e. The van der Waals surface area contributed by atoms with Crippen molar-refractivity contribution in [3.05, 3.63) is 58.6 Å². The van der Waals surface area contributed by atoms with Gasteiger partial charge in [0.1, 0.15) is 5.75 Å². The molecule has 0 amide bonds. The summed E-state index contributed by atoms with van der Waals surface area (Å²) in [6.45, 7) is 1.45. The van der Waals surface area contributed by atoms with Crippen LogP contribution in [0.25, 0.3) is 0 Å². The SMILES string of the molecule is CCOC(=O)C1CN(S(=O)(=O)c2cccc([N+](=O)[O-])c2)c2ccccc2O1. The molecule has 1 atom stereocenters. The maximum Gasteiger partial charge on any atom is 0.349 e. The van der Waals surface area contributed by atoms with E-state index in [1.165, 1.54) is 30.3 Å². The third-order valence-corrected chi connectivity index (χ3v) is 5.68. The minimum atomic E-state index is -4.17. The minimum Gasteiger partial charge on any atom is -0.475 e. The average molecular weight is 392 g/mol. The van der Waals surface area contributed by atoms with Gasteiger partial charge < -0.3 is 9.47 Å². The lowest BCUT2D eigenvalue weighted by Crippen LogP contribution is -2.47. The summed E-state index contributed by atoms with van der Waals surface area (Å²) in [4.78, 5) is 22.2. The van der Waals surface area contributed by atoms with E-state index >= 15 is 0 Å². The molecule has 2 aromatic carbocycles. The van der Waals surface area contributed by atoms with Crippen LogP contribution in [0.5, 0.6) is 5.75 Å². The third kappa shape index (κ3) is 3.56. The van der Waals surface area contributed by atoms with E-state index in [0.29, 0.717) is 0 Å². The highest BCUT2D eigenvalue weighted by atomic mass is 32.2. The van der Waals surface area contributed by atoms with Crippen LogP contribution in [-0.4, -0.2) is 38.6 Å². The fourth-order valence-corrected chi connectivity index (χ4v) is 4.19. The van der Waals surface area contributed by atoms with Crippen molar-refractivity contribution in [2.45, 2.75) is 17.9 Å². The summed E-state index contributed by atoms with van der Waals surface area (Å²) in [6.07, 6.45) is -1.15. The molecule has 1 unspecified atom stereocenters. The van der Waals surface area contributed by atoms with Crippen molar-refractivity contribution in [3.8, 4) is 5.75 Å². The summed E-state index contributed by atoms with van der Waals surface area (Å²) in [6, 6.07) is 11.1. The van der Waals surface area contributed by atoms with E-state index in [1.54, 1.807) is 19.1 Å². The van der Waals surface area contributed by atoms with Crippen LogP contribution >= 0.6 is 0 Å². The van der Waals surface area contributed by atoms with Crippen LogP contribution in [0.1, 0.15) is 6.92 Å². The normalized spacial score (nSPS) is 16.2. The molecule has 27 heavy (non-hydrogen) atoms. The van der Waals surface area contributed by atoms with Gasteiger partial charge in [0, 0.05) is 12.1 Å². The zero-order valence-corrected chi connectivity index (χ0v) is 15.1. The second kappa shape index (κ2) is 7.23. The number of rotatable bonds is 5. The molecule has 0 aromatic heterocycles. The monoisotopic (exact) mass is 392 g/mol. The lowest BCUT2D eigenvalue weighted by atomic mass is 10.2. The van der Waals surface area contributed by atoms with E-state index in [4.69, 9.17) is 9.47 Å². The first-order chi connectivity index (χ1) is 12.8. The fraction of sp³-hybridized carbons (Fsp3) is 0.235. The molecule has 2 aromatic rings. The number of benzene rings is 2. The Bertz CT molecular complexity index is 990. The van der Waals surface area contributed by atoms with Crippen molar-refractivity contribution in [2.75, 3.05) is 17.5 Å². The number of nitro benzene ring substituents is 1. The number of hydrogen-bond acceptors (Lipinski definition) is 7. The van der Waals surface area contributed by atoms with Crippen molar-refractivity contribution in [3.63, 3.8) is 0 Å². The van der Waals surface area contributed by atoms with Gasteiger partial charge in [-0.3, -0.25) is 14.4 Å². The molecule has 0 bridgehead atoms. The van der Waals surface area contributed by atoms with Crippen LogP contribution in [0, 0.1) is 10.1 Å². The van der Waals surface area contributed by atoms with E-state index < -0.39 is 27.0 Å². The molecule has 0 radical (unpaired) electrons. The maximum absolute atomic E-state index is 13.1. The molecule has 142 valence electrons. The van der Waals surface area contributed by atoms with Gasteiger partial charge in [-0.25, -0.2) is 13.2 Å². The molecule has 3 rings (SSSR count). The zero-order valence-electron chi connectivity index (χ0n) is 14.3. The summed E-state index contributed by atoms with van der Waals surface area (Å²) in [5.41, 5.74) is -0.107. The third-order valence-electron chi connectivity index (χ3n) is 3.90. The molecule has 0 saturated carbocycles. The molecular weight excluding hydrogens is 376 g/mol. The minimum absolute atomic E-state index is 0.123. The van der Waals surface area contributed by atoms with Crippen LogP contribution < -0.4 is 9.04 Å². The van der Waals surface area contributed by atoms with Gasteiger partial charge in [-0.15, -0.1) is 0 Å². The Morgan fingerprint density at radius 1 is 1.30 bits per heavy atom. The van der Waals surface area contributed by atoms with Gasteiger partial charge in [0.25, 0.3) is 15.7 Å². The van der Waals surface area contributed by atoms with Crippen molar-refractivity contribution in [1.29, 1.82) is 0 Å². The molecule has 1 heterocycles. The second-order valence-corrected chi connectivity index (χ2v) is 7.48. The van der Waals surface area contributed by atoms with Gasteiger partial charge in [0.15, 0.2) is 0 Å².